The number of benzene rings is 1. The van der Waals surface area contributed by atoms with Gasteiger partial charge in [-0.1, -0.05) is 6.07 Å². The molecule has 0 bridgehead atoms. The molecule has 0 aliphatic rings. The summed E-state index contributed by atoms with van der Waals surface area (Å²) in [5.41, 5.74) is 0.0800. The van der Waals surface area contributed by atoms with E-state index in [9.17, 15) is 8.78 Å². The average molecular weight is 221 g/mol. The van der Waals surface area contributed by atoms with Gasteiger partial charge in [0.05, 0.1) is 7.11 Å². The van der Waals surface area contributed by atoms with Crippen molar-refractivity contribution >= 4 is 0 Å². The molecule has 0 amide bonds. The second-order valence-electron chi connectivity index (χ2n) is 3.16. The number of hydrogen-bond acceptors (Lipinski definition) is 2. The molecule has 82 valence electrons. The van der Waals surface area contributed by atoms with Crippen LogP contribution in [0.25, 0.3) is 11.3 Å². The molecule has 0 radical (unpaired) electrons. The number of nitrogens with zero attached hydrogens (tertiary/aromatic N) is 1. The molecule has 0 atom stereocenters. The predicted molar refractivity (Wildman–Crippen MR) is 56.1 cm³/mol. The second kappa shape index (κ2) is 4.26. The van der Waals surface area contributed by atoms with E-state index in [-0.39, 0.29) is 17.0 Å². The molecule has 0 saturated heterocycles. The Bertz CT molecular complexity index is 514. The summed E-state index contributed by atoms with van der Waals surface area (Å²) in [5.74, 6) is -1.10. The summed E-state index contributed by atoms with van der Waals surface area (Å²) in [6.45, 7) is 0. The summed E-state index contributed by atoms with van der Waals surface area (Å²) in [5, 5.41) is 0. The van der Waals surface area contributed by atoms with Crippen molar-refractivity contribution in [1.29, 1.82) is 0 Å². The monoisotopic (exact) mass is 221 g/mol. The number of pyridine rings is 1. The van der Waals surface area contributed by atoms with Crippen LogP contribution in [-0.4, -0.2) is 12.1 Å². The molecular weight excluding hydrogens is 212 g/mol. The highest BCUT2D eigenvalue weighted by molar-refractivity contribution is 5.62. The molecule has 0 N–H and O–H groups in total. The first-order valence-electron chi connectivity index (χ1n) is 4.67. The molecule has 4 heteroatoms. The van der Waals surface area contributed by atoms with E-state index in [0.717, 1.165) is 0 Å². The third-order valence-corrected chi connectivity index (χ3v) is 2.20. The van der Waals surface area contributed by atoms with Crippen LogP contribution < -0.4 is 4.74 Å². The number of aromatic nitrogens is 1. The van der Waals surface area contributed by atoms with Gasteiger partial charge in [-0.05, 0) is 24.3 Å². The Morgan fingerprint density at radius 2 is 1.94 bits per heavy atom. The topological polar surface area (TPSA) is 22.1 Å². The lowest BCUT2D eigenvalue weighted by Crippen LogP contribution is -1.94. The Morgan fingerprint density at radius 1 is 1.12 bits per heavy atom. The van der Waals surface area contributed by atoms with Crippen molar-refractivity contribution in [3.63, 3.8) is 0 Å². The molecule has 1 aromatic carbocycles. The van der Waals surface area contributed by atoms with E-state index in [2.05, 4.69) is 4.98 Å². The Morgan fingerprint density at radius 3 is 2.62 bits per heavy atom. The molecular formula is C12H9F2NO. The van der Waals surface area contributed by atoms with Crippen molar-refractivity contribution in [2.45, 2.75) is 0 Å². The minimum atomic E-state index is -0.609. The zero-order valence-corrected chi connectivity index (χ0v) is 8.58. The molecule has 2 rings (SSSR count). The zero-order chi connectivity index (χ0) is 11.5. The van der Waals surface area contributed by atoms with Crippen LogP contribution >= 0.6 is 0 Å². The van der Waals surface area contributed by atoms with Crippen LogP contribution in [0.3, 0.4) is 0 Å². The number of rotatable bonds is 2. The van der Waals surface area contributed by atoms with Gasteiger partial charge in [-0.2, -0.15) is 0 Å². The van der Waals surface area contributed by atoms with Gasteiger partial charge < -0.3 is 4.74 Å². The molecule has 16 heavy (non-hydrogen) atoms. The SMILES string of the molecule is COc1cccc(-c2ncccc2F)c1F. The van der Waals surface area contributed by atoms with E-state index in [4.69, 9.17) is 4.74 Å². The fourth-order valence-corrected chi connectivity index (χ4v) is 1.44. The summed E-state index contributed by atoms with van der Waals surface area (Å²) in [6.07, 6.45) is 1.41. The summed E-state index contributed by atoms with van der Waals surface area (Å²) in [7, 11) is 1.36. The van der Waals surface area contributed by atoms with Gasteiger partial charge in [-0.3, -0.25) is 4.98 Å². The lowest BCUT2D eigenvalue weighted by molar-refractivity contribution is 0.387. The Labute approximate surface area is 91.5 Å². The normalized spacial score (nSPS) is 10.2. The number of methoxy groups -OCH3 is 1. The molecule has 0 saturated carbocycles. The predicted octanol–water partition coefficient (Wildman–Crippen LogP) is 3.04. The molecule has 0 fully saturated rings. The van der Waals surface area contributed by atoms with Gasteiger partial charge in [0.25, 0.3) is 0 Å². The number of halogens is 2. The standard InChI is InChI=1S/C12H9F2NO/c1-16-10-6-2-4-8(11(10)14)12-9(13)5-3-7-15-12/h2-7H,1H3. The largest absolute Gasteiger partial charge is 0.494 e. The van der Waals surface area contributed by atoms with Crippen LogP contribution in [0.2, 0.25) is 0 Å². The van der Waals surface area contributed by atoms with Crippen LogP contribution in [0.5, 0.6) is 5.75 Å². The summed E-state index contributed by atoms with van der Waals surface area (Å²) >= 11 is 0. The number of hydrogen-bond donors (Lipinski definition) is 0. The van der Waals surface area contributed by atoms with E-state index in [1.807, 2.05) is 0 Å². The maximum atomic E-state index is 13.8. The molecule has 0 spiro atoms. The zero-order valence-electron chi connectivity index (χ0n) is 8.58. The van der Waals surface area contributed by atoms with Gasteiger partial charge in [-0.15, -0.1) is 0 Å². The summed E-state index contributed by atoms with van der Waals surface area (Å²) < 4.78 is 32.0. The molecule has 1 heterocycles. The maximum absolute atomic E-state index is 13.8. The summed E-state index contributed by atoms with van der Waals surface area (Å²) in [4.78, 5) is 3.81. The van der Waals surface area contributed by atoms with Gasteiger partial charge in [0.1, 0.15) is 11.5 Å². The van der Waals surface area contributed by atoms with Gasteiger partial charge in [-0.25, -0.2) is 8.78 Å². The highest BCUT2D eigenvalue weighted by Gasteiger charge is 2.14. The number of ether oxygens (including phenoxy) is 1. The van der Waals surface area contributed by atoms with Crippen LogP contribution in [-0.2, 0) is 0 Å². The first-order chi connectivity index (χ1) is 7.74. The first kappa shape index (κ1) is 10.5. The highest BCUT2D eigenvalue weighted by Crippen LogP contribution is 2.28. The van der Waals surface area contributed by atoms with Gasteiger partial charge in [0.2, 0.25) is 0 Å². The Kier molecular flexibility index (Phi) is 2.81. The van der Waals surface area contributed by atoms with E-state index < -0.39 is 11.6 Å². The molecule has 0 unspecified atom stereocenters. The van der Waals surface area contributed by atoms with E-state index in [0.29, 0.717) is 0 Å². The highest BCUT2D eigenvalue weighted by atomic mass is 19.1. The van der Waals surface area contributed by atoms with Crippen molar-refractivity contribution < 1.29 is 13.5 Å². The lowest BCUT2D eigenvalue weighted by Gasteiger charge is -2.07. The first-order valence-corrected chi connectivity index (χ1v) is 4.67. The van der Waals surface area contributed by atoms with E-state index in [1.54, 1.807) is 6.07 Å². The van der Waals surface area contributed by atoms with Gasteiger partial charge in [0, 0.05) is 11.8 Å². The molecule has 2 nitrogen and oxygen atoms in total. The molecule has 1 aromatic heterocycles. The quantitative estimate of drug-likeness (QED) is 0.777. The van der Waals surface area contributed by atoms with Crippen molar-refractivity contribution in [3.8, 4) is 17.0 Å². The van der Waals surface area contributed by atoms with Crippen molar-refractivity contribution in [3.05, 3.63) is 48.2 Å². The fourth-order valence-electron chi connectivity index (χ4n) is 1.44. The van der Waals surface area contributed by atoms with Crippen LogP contribution in [0, 0.1) is 11.6 Å². The van der Waals surface area contributed by atoms with E-state index in [1.165, 1.54) is 37.6 Å². The maximum Gasteiger partial charge on any atom is 0.174 e. The minimum absolute atomic E-state index is 0.0149. The van der Waals surface area contributed by atoms with Gasteiger partial charge in [0.15, 0.2) is 11.6 Å². The van der Waals surface area contributed by atoms with Crippen LogP contribution in [0.4, 0.5) is 8.78 Å². The molecule has 2 aromatic rings. The molecule has 0 aliphatic carbocycles. The van der Waals surface area contributed by atoms with Crippen LogP contribution in [0.15, 0.2) is 36.5 Å². The van der Waals surface area contributed by atoms with Gasteiger partial charge >= 0.3 is 0 Å². The van der Waals surface area contributed by atoms with Crippen LogP contribution in [0.1, 0.15) is 0 Å². The summed E-state index contributed by atoms with van der Waals surface area (Å²) in [6, 6.07) is 7.21. The average Bonchev–Trinajstić information content (AvgIpc) is 2.31. The van der Waals surface area contributed by atoms with Crippen molar-refractivity contribution in [2.24, 2.45) is 0 Å². The van der Waals surface area contributed by atoms with Crippen molar-refractivity contribution in [2.75, 3.05) is 7.11 Å². The van der Waals surface area contributed by atoms with Crippen molar-refractivity contribution in [1.82, 2.24) is 4.98 Å². The second-order valence-corrected chi connectivity index (χ2v) is 3.16. The Hall–Kier alpha value is -1.97. The Balaban J connectivity index is 2.61. The smallest absolute Gasteiger partial charge is 0.174 e. The third kappa shape index (κ3) is 1.74. The lowest BCUT2D eigenvalue weighted by atomic mass is 10.1. The molecule has 0 aliphatic heterocycles. The fraction of sp³-hybridized carbons (Fsp3) is 0.0833. The minimum Gasteiger partial charge on any atom is -0.494 e. The van der Waals surface area contributed by atoms with E-state index >= 15 is 0 Å². The third-order valence-electron chi connectivity index (χ3n) is 2.20.